The monoisotopic (exact) mass is 550 g/mol. The standard InChI is InChI=1S/C32H26N2O5S/c1-20-18-28(24-12-6-8-14-27(24)33(20)21(2)35)34(23-10-4-3-5-11-23)32(37)22-16-17-26-30(19-22)40(38,39)29-15-9-7-13-25(29)31(26)36/h3-17,19-20,28H,18H2,1-2H3. The zero-order valence-electron chi connectivity index (χ0n) is 21.9. The molecule has 0 spiro atoms. The fraction of sp³-hybridized carbons (Fsp3) is 0.156. The van der Waals surface area contributed by atoms with Gasteiger partial charge < -0.3 is 9.80 Å². The summed E-state index contributed by atoms with van der Waals surface area (Å²) in [5.74, 6) is -0.877. The summed E-state index contributed by atoms with van der Waals surface area (Å²) in [6.45, 7) is 3.48. The third-order valence-corrected chi connectivity index (χ3v) is 9.50. The number of anilines is 2. The number of sulfone groups is 1. The van der Waals surface area contributed by atoms with Crippen molar-refractivity contribution in [1.82, 2.24) is 0 Å². The van der Waals surface area contributed by atoms with Gasteiger partial charge in [-0.15, -0.1) is 0 Å². The number of hydrogen-bond donors (Lipinski definition) is 0. The summed E-state index contributed by atoms with van der Waals surface area (Å²) in [6.07, 6.45) is 0.479. The van der Waals surface area contributed by atoms with Gasteiger partial charge in [-0.05, 0) is 67.4 Å². The Morgan fingerprint density at radius 1 is 0.825 bits per heavy atom. The van der Waals surface area contributed by atoms with Gasteiger partial charge in [-0.25, -0.2) is 8.42 Å². The molecule has 0 aliphatic carbocycles. The van der Waals surface area contributed by atoms with Crippen molar-refractivity contribution < 1.29 is 22.8 Å². The molecule has 40 heavy (non-hydrogen) atoms. The summed E-state index contributed by atoms with van der Waals surface area (Å²) in [7, 11) is -4.02. The highest BCUT2D eigenvalue weighted by Gasteiger charge is 2.39. The van der Waals surface area contributed by atoms with E-state index in [0.29, 0.717) is 12.1 Å². The number of hydrogen-bond acceptors (Lipinski definition) is 5. The Hall–Kier alpha value is -4.56. The normalized spacial score (nSPS) is 18.8. The lowest BCUT2D eigenvalue weighted by Gasteiger charge is -2.43. The van der Waals surface area contributed by atoms with E-state index in [2.05, 4.69) is 0 Å². The van der Waals surface area contributed by atoms with Crippen LogP contribution in [-0.2, 0) is 14.6 Å². The summed E-state index contributed by atoms with van der Waals surface area (Å²) in [5, 5.41) is 0. The summed E-state index contributed by atoms with van der Waals surface area (Å²) in [6, 6.07) is 26.5. The molecule has 0 saturated carbocycles. The third-order valence-electron chi connectivity index (χ3n) is 7.65. The number of carbonyl (C=O) groups is 3. The molecule has 2 aliphatic heterocycles. The van der Waals surface area contributed by atoms with Gasteiger partial charge in [0.05, 0.1) is 15.8 Å². The molecule has 0 radical (unpaired) electrons. The Labute approximate surface area is 232 Å². The Bertz CT molecular complexity index is 1800. The van der Waals surface area contributed by atoms with E-state index in [-0.39, 0.29) is 38.4 Å². The lowest BCUT2D eigenvalue weighted by atomic mass is 9.89. The first-order valence-corrected chi connectivity index (χ1v) is 14.5. The second-order valence-electron chi connectivity index (χ2n) is 10.1. The van der Waals surface area contributed by atoms with Crippen LogP contribution in [0.3, 0.4) is 0 Å². The van der Waals surface area contributed by atoms with Crippen LogP contribution in [-0.4, -0.2) is 32.1 Å². The number of carbonyl (C=O) groups excluding carboxylic acids is 3. The number of nitrogens with zero attached hydrogens (tertiary/aromatic N) is 2. The van der Waals surface area contributed by atoms with Crippen molar-refractivity contribution in [2.45, 2.75) is 42.1 Å². The fourth-order valence-electron chi connectivity index (χ4n) is 5.89. The molecule has 200 valence electrons. The minimum atomic E-state index is -4.02. The molecule has 4 aromatic rings. The lowest BCUT2D eigenvalue weighted by molar-refractivity contribution is -0.117. The van der Waals surface area contributed by atoms with E-state index in [1.807, 2.05) is 61.5 Å². The van der Waals surface area contributed by atoms with Crippen LogP contribution in [0.2, 0.25) is 0 Å². The minimum Gasteiger partial charge on any atom is -0.309 e. The molecule has 0 N–H and O–H groups in total. The van der Waals surface area contributed by atoms with Gasteiger partial charge in [-0.1, -0.05) is 48.5 Å². The fourth-order valence-corrected chi connectivity index (χ4v) is 7.57. The number of benzene rings is 4. The molecule has 2 unspecified atom stereocenters. The van der Waals surface area contributed by atoms with Gasteiger partial charge in [0.15, 0.2) is 5.78 Å². The SMILES string of the molecule is CC(=O)N1c2ccccc2C(N(C(=O)c2ccc3c(c2)S(=O)(=O)c2ccccc2C3=O)c2ccccc2)CC1C. The lowest BCUT2D eigenvalue weighted by Crippen LogP contribution is -2.47. The highest BCUT2D eigenvalue weighted by Crippen LogP contribution is 2.43. The summed E-state index contributed by atoms with van der Waals surface area (Å²) in [5.41, 5.74) is 2.53. The number of fused-ring (bicyclic) bond motifs is 3. The van der Waals surface area contributed by atoms with E-state index >= 15 is 0 Å². The molecule has 0 bridgehead atoms. The van der Waals surface area contributed by atoms with Crippen LogP contribution in [0.5, 0.6) is 0 Å². The molecule has 0 fully saturated rings. The van der Waals surface area contributed by atoms with Crippen LogP contribution in [0.4, 0.5) is 11.4 Å². The molecule has 0 saturated heterocycles. The molecular weight excluding hydrogens is 524 g/mol. The van der Waals surface area contributed by atoms with Gasteiger partial charge in [0, 0.05) is 41.0 Å². The molecule has 4 aromatic carbocycles. The molecule has 7 nitrogen and oxygen atoms in total. The first kappa shape index (κ1) is 25.7. The van der Waals surface area contributed by atoms with E-state index in [9.17, 15) is 22.8 Å². The van der Waals surface area contributed by atoms with Crippen LogP contribution in [0, 0.1) is 0 Å². The van der Waals surface area contributed by atoms with Gasteiger partial charge in [-0.3, -0.25) is 14.4 Å². The largest absolute Gasteiger partial charge is 0.309 e. The number of amides is 2. The third kappa shape index (κ3) is 3.95. The summed E-state index contributed by atoms with van der Waals surface area (Å²) in [4.78, 5) is 43.2. The molecule has 6 rings (SSSR count). The van der Waals surface area contributed by atoms with E-state index in [1.165, 1.54) is 37.3 Å². The molecule has 8 heteroatoms. The summed E-state index contributed by atoms with van der Waals surface area (Å²) >= 11 is 0. The summed E-state index contributed by atoms with van der Waals surface area (Å²) < 4.78 is 27.1. The second kappa shape index (κ2) is 9.57. The van der Waals surface area contributed by atoms with Crippen LogP contribution in [0.15, 0.2) is 107 Å². The number of ketones is 1. The van der Waals surface area contributed by atoms with Crippen LogP contribution in [0.25, 0.3) is 0 Å². The van der Waals surface area contributed by atoms with Crippen molar-refractivity contribution >= 4 is 38.8 Å². The van der Waals surface area contributed by atoms with Crippen molar-refractivity contribution in [2.24, 2.45) is 0 Å². The maximum absolute atomic E-state index is 14.4. The van der Waals surface area contributed by atoms with Crippen molar-refractivity contribution in [2.75, 3.05) is 9.80 Å². The highest BCUT2D eigenvalue weighted by molar-refractivity contribution is 7.91. The van der Waals surface area contributed by atoms with Crippen LogP contribution in [0.1, 0.15) is 58.2 Å². The van der Waals surface area contributed by atoms with Crippen LogP contribution < -0.4 is 9.80 Å². The van der Waals surface area contributed by atoms with E-state index in [4.69, 9.17) is 0 Å². The molecule has 2 amide bonds. The van der Waals surface area contributed by atoms with Crippen LogP contribution >= 0.6 is 0 Å². The number of rotatable bonds is 3. The van der Waals surface area contributed by atoms with Crippen molar-refractivity contribution in [3.8, 4) is 0 Å². The zero-order chi connectivity index (χ0) is 28.2. The van der Waals surface area contributed by atoms with E-state index in [0.717, 1.165) is 11.3 Å². The van der Waals surface area contributed by atoms with Crippen molar-refractivity contribution in [1.29, 1.82) is 0 Å². The van der Waals surface area contributed by atoms with E-state index in [1.54, 1.807) is 21.9 Å². The maximum atomic E-state index is 14.4. The van der Waals surface area contributed by atoms with Gasteiger partial charge in [0.2, 0.25) is 15.7 Å². The molecule has 2 aliphatic rings. The quantitative estimate of drug-likeness (QED) is 0.292. The minimum absolute atomic E-state index is 0.0512. The van der Waals surface area contributed by atoms with Crippen molar-refractivity contribution in [3.63, 3.8) is 0 Å². The second-order valence-corrected chi connectivity index (χ2v) is 12.0. The highest BCUT2D eigenvalue weighted by atomic mass is 32.2. The number of para-hydroxylation sites is 2. The average Bonchev–Trinajstić information content (AvgIpc) is 2.96. The predicted molar refractivity (Wildman–Crippen MR) is 151 cm³/mol. The van der Waals surface area contributed by atoms with Gasteiger partial charge >= 0.3 is 0 Å². The Morgan fingerprint density at radius 2 is 1.48 bits per heavy atom. The molecule has 0 aromatic heterocycles. The predicted octanol–water partition coefficient (Wildman–Crippen LogP) is 5.60. The molecule has 2 heterocycles. The Balaban J connectivity index is 1.50. The Kier molecular flexibility index (Phi) is 6.15. The topological polar surface area (TPSA) is 91.8 Å². The Morgan fingerprint density at radius 3 is 2.23 bits per heavy atom. The maximum Gasteiger partial charge on any atom is 0.258 e. The molecule has 2 atom stereocenters. The van der Waals surface area contributed by atoms with E-state index < -0.39 is 27.6 Å². The van der Waals surface area contributed by atoms with Crippen molar-refractivity contribution in [3.05, 3.63) is 119 Å². The van der Waals surface area contributed by atoms with Gasteiger partial charge in [0.1, 0.15) is 0 Å². The molecular formula is C32H26N2O5S. The first-order valence-electron chi connectivity index (χ1n) is 13.0. The smallest absolute Gasteiger partial charge is 0.258 e. The first-order chi connectivity index (χ1) is 19.2. The van der Waals surface area contributed by atoms with Gasteiger partial charge in [0.25, 0.3) is 5.91 Å². The van der Waals surface area contributed by atoms with Gasteiger partial charge in [-0.2, -0.15) is 0 Å². The average molecular weight is 551 g/mol. The zero-order valence-corrected chi connectivity index (χ0v) is 22.8.